The molecule has 0 aliphatic carbocycles. The molecule has 110 valence electrons. The van der Waals surface area contributed by atoms with Crippen molar-refractivity contribution in [3.63, 3.8) is 0 Å². The first-order valence-electron chi connectivity index (χ1n) is 6.67. The predicted molar refractivity (Wildman–Crippen MR) is 77.7 cm³/mol. The number of carbonyl (C=O) groups excluding carboxylic acids is 1. The molecular weight excluding hydrogens is 256 g/mol. The van der Waals surface area contributed by atoms with Gasteiger partial charge in [0.2, 0.25) is 5.91 Å². The molecule has 0 spiro atoms. The van der Waals surface area contributed by atoms with Crippen LogP contribution in [0, 0.1) is 11.3 Å². The SMILES string of the molecule is CC(CC(=O)Nc1ncccc1C(=O)O)CC(C)(C)C. The number of carbonyl (C=O) groups is 2. The van der Waals surface area contributed by atoms with Crippen molar-refractivity contribution in [1.29, 1.82) is 0 Å². The van der Waals surface area contributed by atoms with E-state index in [1.165, 1.54) is 18.3 Å². The van der Waals surface area contributed by atoms with Crippen molar-refractivity contribution in [2.75, 3.05) is 5.32 Å². The average molecular weight is 278 g/mol. The van der Waals surface area contributed by atoms with Gasteiger partial charge in [-0.2, -0.15) is 0 Å². The second kappa shape index (κ2) is 6.50. The first-order chi connectivity index (χ1) is 9.19. The zero-order valence-corrected chi connectivity index (χ0v) is 12.4. The smallest absolute Gasteiger partial charge is 0.339 e. The minimum absolute atomic E-state index is 0.00400. The van der Waals surface area contributed by atoms with E-state index in [-0.39, 0.29) is 28.6 Å². The lowest BCUT2D eigenvalue weighted by atomic mass is 9.84. The van der Waals surface area contributed by atoms with Gasteiger partial charge in [-0.25, -0.2) is 9.78 Å². The molecule has 0 radical (unpaired) electrons. The largest absolute Gasteiger partial charge is 0.478 e. The third kappa shape index (κ3) is 5.38. The highest BCUT2D eigenvalue weighted by Crippen LogP contribution is 2.26. The van der Waals surface area contributed by atoms with Crippen molar-refractivity contribution in [2.24, 2.45) is 11.3 Å². The molecular formula is C15H22N2O3. The molecule has 1 aromatic heterocycles. The van der Waals surface area contributed by atoms with Crippen molar-refractivity contribution in [1.82, 2.24) is 4.98 Å². The molecule has 5 heteroatoms. The Kier molecular flexibility index (Phi) is 5.25. The maximum atomic E-state index is 11.9. The van der Waals surface area contributed by atoms with Gasteiger partial charge >= 0.3 is 5.97 Å². The lowest BCUT2D eigenvalue weighted by molar-refractivity contribution is -0.117. The minimum atomic E-state index is -1.10. The predicted octanol–water partition coefficient (Wildman–Crippen LogP) is 3.18. The van der Waals surface area contributed by atoms with E-state index in [9.17, 15) is 9.59 Å². The highest BCUT2D eigenvalue weighted by Gasteiger charge is 2.19. The van der Waals surface area contributed by atoms with E-state index >= 15 is 0 Å². The molecule has 0 aliphatic rings. The van der Waals surface area contributed by atoms with Crippen LogP contribution in [0.25, 0.3) is 0 Å². The Hall–Kier alpha value is -1.91. The number of nitrogens with one attached hydrogen (secondary N) is 1. The fourth-order valence-electron chi connectivity index (χ4n) is 2.29. The highest BCUT2D eigenvalue weighted by molar-refractivity contribution is 5.99. The fraction of sp³-hybridized carbons (Fsp3) is 0.533. The molecule has 1 heterocycles. The number of anilines is 1. The number of nitrogens with zero attached hydrogens (tertiary/aromatic N) is 1. The molecule has 0 fully saturated rings. The van der Waals surface area contributed by atoms with Gasteiger partial charge in [0.15, 0.2) is 0 Å². The maximum Gasteiger partial charge on any atom is 0.339 e. The van der Waals surface area contributed by atoms with Crippen LogP contribution in [0.1, 0.15) is 50.9 Å². The van der Waals surface area contributed by atoms with Crippen LogP contribution in [-0.4, -0.2) is 22.0 Å². The summed E-state index contributed by atoms with van der Waals surface area (Å²) in [6.45, 7) is 8.40. The number of pyridine rings is 1. The Labute approximate surface area is 119 Å². The van der Waals surface area contributed by atoms with Gasteiger partial charge in [-0.05, 0) is 29.9 Å². The van der Waals surface area contributed by atoms with Crippen molar-refractivity contribution in [2.45, 2.75) is 40.5 Å². The molecule has 1 rings (SSSR count). The average Bonchev–Trinajstić information content (AvgIpc) is 2.26. The van der Waals surface area contributed by atoms with E-state index in [0.717, 1.165) is 6.42 Å². The quantitative estimate of drug-likeness (QED) is 0.867. The minimum Gasteiger partial charge on any atom is -0.478 e. The lowest BCUT2D eigenvalue weighted by Crippen LogP contribution is -2.20. The van der Waals surface area contributed by atoms with Gasteiger partial charge in [-0.3, -0.25) is 4.79 Å². The van der Waals surface area contributed by atoms with Crippen LogP contribution in [0.4, 0.5) is 5.82 Å². The van der Waals surface area contributed by atoms with E-state index in [1.54, 1.807) is 0 Å². The second-order valence-electron chi connectivity index (χ2n) is 6.33. The zero-order valence-electron chi connectivity index (χ0n) is 12.4. The number of carboxylic acid groups (broad SMARTS) is 1. The molecule has 1 amide bonds. The van der Waals surface area contributed by atoms with Crippen LogP contribution in [0.15, 0.2) is 18.3 Å². The molecule has 0 aromatic carbocycles. The van der Waals surface area contributed by atoms with Crippen molar-refractivity contribution < 1.29 is 14.7 Å². The van der Waals surface area contributed by atoms with Crippen molar-refractivity contribution in [3.05, 3.63) is 23.9 Å². The zero-order chi connectivity index (χ0) is 15.3. The summed E-state index contributed by atoms with van der Waals surface area (Å²) in [4.78, 5) is 26.9. The lowest BCUT2D eigenvalue weighted by Gasteiger charge is -2.22. The number of amides is 1. The van der Waals surface area contributed by atoms with E-state index in [2.05, 4.69) is 31.1 Å². The van der Waals surface area contributed by atoms with Gasteiger partial charge in [0.05, 0.1) is 0 Å². The van der Waals surface area contributed by atoms with Crippen LogP contribution in [-0.2, 0) is 4.79 Å². The molecule has 1 unspecified atom stereocenters. The third-order valence-corrected chi connectivity index (χ3v) is 2.79. The number of rotatable bonds is 5. The normalized spacial score (nSPS) is 12.8. The number of hydrogen-bond acceptors (Lipinski definition) is 3. The number of hydrogen-bond donors (Lipinski definition) is 2. The van der Waals surface area contributed by atoms with Gasteiger partial charge < -0.3 is 10.4 Å². The molecule has 0 bridgehead atoms. The van der Waals surface area contributed by atoms with Crippen LogP contribution in [0.2, 0.25) is 0 Å². The summed E-state index contributed by atoms with van der Waals surface area (Å²) in [5.74, 6) is -0.973. The van der Waals surface area contributed by atoms with Gasteiger partial charge in [-0.1, -0.05) is 27.7 Å². The molecule has 0 saturated carbocycles. The highest BCUT2D eigenvalue weighted by atomic mass is 16.4. The molecule has 1 atom stereocenters. The Morgan fingerprint density at radius 2 is 2.05 bits per heavy atom. The molecule has 0 saturated heterocycles. The van der Waals surface area contributed by atoms with E-state index in [1.807, 2.05) is 6.92 Å². The van der Waals surface area contributed by atoms with Gasteiger partial charge in [0, 0.05) is 12.6 Å². The van der Waals surface area contributed by atoms with Gasteiger partial charge in [0.1, 0.15) is 11.4 Å². The van der Waals surface area contributed by atoms with E-state index < -0.39 is 5.97 Å². The first kappa shape index (κ1) is 16.1. The molecule has 0 aliphatic heterocycles. The van der Waals surface area contributed by atoms with Gasteiger partial charge in [-0.15, -0.1) is 0 Å². The van der Waals surface area contributed by atoms with Gasteiger partial charge in [0.25, 0.3) is 0 Å². The van der Waals surface area contributed by atoms with E-state index in [4.69, 9.17) is 5.11 Å². The summed E-state index contributed by atoms with van der Waals surface area (Å²) < 4.78 is 0. The Morgan fingerprint density at radius 1 is 1.40 bits per heavy atom. The summed E-state index contributed by atoms with van der Waals surface area (Å²) in [7, 11) is 0. The number of aromatic nitrogens is 1. The molecule has 5 nitrogen and oxygen atoms in total. The topological polar surface area (TPSA) is 79.3 Å². The summed E-state index contributed by atoms with van der Waals surface area (Å²) >= 11 is 0. The van der Waals surface area contributed by atoms with E-state index in [0.29, 0.717) is 6.42 Å². The third-order valence-electron chi connectivity index (χ3n) is 2.79. The van der Waals surface area contributed by atoms with Crippen LogP contribution in [0.3, 0.4) is 0 Å². The Morgan fingerprint density at radius 3 is 2.60 bits per heavy atom. The summed E-state index contributed by atoms with van der Waals surface area (Å²) in [6.07, 6.45) is 2.74. The van der Waals surface area contributed by atoms with Crippen LogP contribution < -0.4 is 5.32 Å². The van der Waals surface area contributed by atoms with Crippen molar-refractivity contribution in [3.8, 4) is 0 Å². The van der Waals surface area contributed by atoms with Crippen molar-refractivity contribution >= 4 is 17.7 Å². The number of carboxylic acids is 1. The summed E-state index contributed by atoms with van der Waals surface area (Å²) in [5, 5.41) is 11.6. The number of aromatic carboxylic acids is 1. The summed E-state index contributed by atoms with van der Waals surface area (Å²) in [6, 6.07) is 2.95. The first-order valence-corrected chi connectivity index (χ1v) is 6.67. The fourth-order valence-corrected chi connectivity index (χ4v) is 2.29. The maximum absolute atomic E-state index is 11.9. The van der Waals surface area contributed by atoms with Crippen LogP contribution >= 0.6 is 0 Å². The Balaban J connectivity index is 2.66. The standard InChI is InChI=1S/C15H22N2O3/c1-10(9-15(2,3)4)8-12(18)17-13-11(14(19)20)6-5-7-16-13/h5-7,10H,8-9H2,1-4H3,(H,19,20)(H,16,17,18). The molecule has 1 aromatic rings. The second-order valence-corrected chi connectivity index (χ2v) is 6.33. The molecule has 2 N–H and O–H groups in total. The summed E-state index contributed by atoms with van der Waals surface area (Å²) in [5.41, 5.74) is 0.168. The Bertz CT molecular complexity index is 492. The monoisotopic (exact) mass is 278 g/mol. The van der Waals surface area contributed by atoms with Crippen LogP contribution in [0.5, 0.6) is 0 Å². The molecule has 20 heavy (non-hydrogen) atoms.